The fourth-order valence-electron chi connectivity index (χ4n) is 2.79. The molecule has 1 unspecified atom stereocenters. The molecule has 6 heteroatoms. The first-order valence-corrected chi connectivity index (χ1v) is 8.61. The highest BCUT2D eigenvalue weighted by Gasteiger charge is 2.27. The number of thiophene rings is 1. The fourth-order valence-corrected chi connectivity index (χ4v) is 3.66. The average molecular weight is 345 g/mol. The number of nitrogens with one attached hydrogen (secondary N) is 1. The maximum Gasteiger partial charge on any atom is 0.225 e. The molecule has 24 heavy (non-hydrogen) atoms. The van der Waals surface area contributed by atoms with Crippen molar-refractivity contribution in [3.63, 3.8) is 0 Å². The molecule has 0 radical (unpaired) electrons. The lowest BCUT2D eigenvalue weighted by atomic mass is 9.86. The van der Waals surface area contributed by atoms with Crippen LogP contribution in [-0.4, -0.2) is 32.0 Å². The predicted octanol–water partition coefficient (Wildman–Crippen LogP) is 3.45. The lowest BCUT2D eigenvalue weighted by Gasteiger charge is -2.25. The third kappa shape index (κ3) is 3.49. The third-order valence-electron chi connectivity index (χ3n) is 3.99. The van der Waals surface area contributed by atoms with E-state index in [1.807, 2.05) is 29.6 Å². The molecule has 1 aliphatic heterocycles. The van der Waals surface area contributed by atoms with Gasteiger partial charge in [-0.1, -0.05) is 6.07 Å². The minimum Gasteiger partial charge on any atom is -0.491 e. The molecule has 0 aliphatic carbocycles. The number of benzene rings is 1. The van der Waals surface area contributed by atoms with Crippen molar-refractivity contribution in [3.8, 4) is 5.75 Å². The standard InChI is InChI=1S/C18H19NO4S/c1-11(20)17-7-12(10-24-17)15-9-18(21)19-16-8-13(3-4-14(15)16)23-6-5-22-2/h3-4,7-8,10,15H,5-6,9H2,1-2H3,(H,19,21). The van der Waals surface area contributed by atoms with Crippen molar-refractivity contribution >= 4 is 28.7 Å². The van der Waals surface area contributed by atoms with Gasteiger partial charge < -0.3 is 14.8 Å². The van der Waals surface area contributed by atoms with Crippen LogP contribution in [0.5, 0.6) is 5.75 Å². The first kappa shape index (κ1) is 16.7. The van der Waals surface area contributed by atoms with E-state index in [1.165, 1.54) is 11.3 Å². The normalized spacial score (nSPS) is 16.4. The molecule has 1 aromatic carbocycles. The number of rotatable bonds is 6. The van der Waals surface area contributed by atoms with Crippen LogP contribution in [0.15, 0.2) is 29.6 Å². The number of carbonyl (C=O) groups is 2. The maximum atomic E-state index is 12.1. The predicted molar refractivity (Wildman–Crippen MR) is 93.2 cm³/mol. The van der Waals surface area contributed by atoms with Crippen molar-refractivity contribution in [2.45, 2.75) is 19.3 Å². The Kier molecular flexibility index (Phi) is 4.97. The number of Topliss-reactive ketones (excluding diaryl/α,β-unsaturated/α-hetero) is 1. The number of fused-ring (bicyclic) bond motifs is 1. The number of hydrogen-bond acceptors (Lipinski definition) is 5. The first-order chi connectivity index (χ1) is 11.6. The van der Waals surface area contributed by atoms with Gasteiger partial charge in [-0.05, 0) is 35.6 Å². The summed E-state index contributed by atoms with van der Waals surface area (Å²) >= 11 is 1.42. The molecule has 1 aromatic heterocycles. The molecule has 1 atom stereocenters. The Labute approximate surface area is 144 Å². The fraction of sp³-hybridized carbons (Fsp3) is 0.333. The molecule has 1 N–H and O–H groups in total. The average Bonchev–Trinajstić information content (AvgIpc) is 3.04. The molecule has 5 nitrogen and oxygen atoms in total. The summed E-state index contributed by atoms with van der Waals surface area (Å²) in [4.78, 5) is 24.3. The van der Waals surface area contributed by atoms with Crippen LogP contribution in [-0.2, 0) is 9.53 Å². The van der Waals surface area contributed by atoms with Crippen molar-refractivity contribution in [2.24, 2.45) is 0 Å². The quantitative estimate of drug-likeness (QED) is 0.643. The first-order valence-electron chi connectivity index (χ1n) is 7.73. The van der Waals surface area contributed by atoms with Gasteiger partial charge in [-0.3, -0.25) is 9.59 Å². The molecular formula is C18H19NO4S. The maximum absolute atomic E-state index is 12.1. The number of ketones is 1. The Morgan fingerprint density at radius 3 is 2.88 bits per heavy atom. The summed E-state index contributed by atoms with van der Waals surface area (Å²) in [6.07, 6.45) is 0.380. The molecule has 2 heterocycles. The number of methoxy groups -OCH3 is 1. The lowest BCUT2D eigenvalue weighted by molar-refractivity contribution is -0.116. The Morgan fingerprint density at radius 1 is 1.33 bits per heavy atom. The van der Waals surface area contributed by atoms with Gasteiger partial charge in [0.15, 0.2) is 5.78 Å². The zero-order valence-electron chi connectivity index (χ0n) is 13.6. The van der Waals surface area contributed by atoms with E-state index in [9.17, 15) is 9.59 Å². The molecular weight excluding hydrogens is 326 g/mol. The van der Waals surface area contributed by atoms with Gasteiger partial charge in [-0.25, -0.2) is 0 Å². The molecule has 0 spiro atoms. The number of anilines is 1. The Hall–Kier alpha value is -2.18. The number of hydrogen-bond donors (Lipinski definition) is 1. The molecule has 3 rings (SSSR count). The summed E-state index contributed by atoms with van der Waals surface area (Å²) in [6.45, 7) is 2.52. The van der Waals surface area contributed by atoms with E-state index in [0.29, 0.717) is 25.4 Å². The van der Waals surface area contributed by atoms with Crippen molar-refractivity contribution in [1.29, 1.82) is 0 Å². The van der Waals surface area contributed by atoms with Crippen LogP contribution < -0.4 is 10.1 Å². The summed E-state index contributed by atoms with van der Waals surface area (Å²) in [5.41, 5.74) is 2.82. The van der Waals surface area contributed by atoms with Gasteiger partial charge in [0.1, 0.15) is 12.4 Å². The minimum atomic E-state index is -0.0360. The van der Waals surface area contributed by atoms with Gasteiger partial charge in [0, 0.05) is 31.2 Å². The highest BCUT2D eigenvalue weighted by molar-refractivity contribution is 7.12. The van der Waals surface area contributed by atoms with E-state index >= 15 is 0 Å². The van der Waals surface area contributed by atoms with Crippen molar-refractivity contribution in [3.05, 3.63) is 45.6 Å². The van der Waals surface area contributed by atoms with E-state index in [0.717, 1.165) is 21.7 Å². The number of amides is 1. The molecule has 1 amide bonds. The van der Waals surface area contributed by atoms with Crippen LogP contribution in [0.25, 0.3) is 0 Å². The summed E-state index contributed by atoms with van der Waals surface area (Å²) in [5.74, 6) is 0.679. The smallest absolute Gasteiger partial charge is 0.225 e. The molecule has 0 fully saturated rings. The number of carbonyl (C=O) groups excluding carboxylic acids is 2. The zero-order valence-corrected chi connectivity index (χ0v) is 14.4. The van der Waals surface area contributed by atoms with Crippen molar-refractivity contribution in [2.75, 3.05) is 25.6 Å². The van der Waals surface area contributed by atoms with Gasteiger partial charge in [-0.2, -0.15) is 0 Å². The van der Waals surface area contributed by atoms with Crippen molar-refractivity contribution in [1.82, 2.24) is 0 Å². The van der Waals surface area contributed by atoms with Crippen LogP contribution in [0, 0.1) is 0 Å². The Balaban J connectivity index is 1.88. The third-order valence-corrected chi connectivity index (χ3v) is 5.04. The molecule has 0 bridgehead atoms. The second-order valence-electron chi connectivity index (χ2n) is 5.70. The number of ether oxygens (including phenoxy) is 2. The second-order valence-corrected chi connectivity index (χ2v) is 6.61. The van der Waals surface area contributed by atoms with Crippen LogP contribution >= 0.6 is 11.3 Å². The van der Waals surface area contributed by atoms with E-state index in [4.69, 9.17) is 9.47 Å². The Morgan fingerprint density at radius 2 is 2.17 bits per heavy atom. The Bertz CT molecular complexity index is 768. The van der Waals surface area contributed by atoms with E-state index in [-0.39, 0.29) is 17.6 Å². The van der Waals surface area contributed by atoms with Crippen LogP contribution in [0.1, 0.15) is 40.1 Å². The highest BCUT2D eigenvalue weighted by Crippen LogP contribution is 2.40. The van der Waals surface area contributed by atoms with E-state index < -0.39 is 0 Å². The van der Waals surface area contributed by atoms with Gasteiger partial charge in [0.25, 0.3) is 0 Å². The summed E-state index contributed by atoms with van der Waals surface area (Å²) in [6, 6.07) is 7.61. The summed E-state index contributed by atoms with van der Waals surface area (Å²) in [7, 11) is 1.62. The van der Waals surface area contributed by atoms with Crippen LogP contribution in [0.4, 0.5) is 5.69 Å². The largest absolute Gasteiger partial charge is 0.491 e. The van der Waals surface area contributed by atoms with Gasteiger partial charge >= 0.3 is 0 Å². The van der Waals surface area contributed by atoms with Gasteiger partial charge in [-0.15, -0.1) is 11.3 Å². The van der Waals surface area contributed by atoms with Gasteiger partial charge in [0.05, 0.1) is 11.5 Å². The highest BCUT2D eigenvalue weighted by atomic mass is 32.1. The minimum absolute atomic E-state index is 0.0304. The molecule has 0 saturated heterocycles. The van der Waals surface area contributed by atoms with Crippen LogP contribution in [0.3, 0.4) is 0 Å². The van der Waals surface area contributed by atoms with E-state index in [1.54, 1.807) is 14.0 Å². The zero-order chi connectivity index (χ0) is 17.1. The van der Waals surface area contributed by atoms with Crippen LogP contribution in [0.2, 0.25) is 0 Å². The molecule has 2 aromatic rings. The van der Waals surface area contributed by atoms with E-state index in [2.05, 4.69) is 5.32 Å². The van der Waals surface area contributed by atoms with Crippen molar-refractivity contribution < 1.29 is 19.1 Å². The molecule has 0 saturated carbocycles. The summed E-state index contributed by atoms with van der Waals surface area (Å²) < 4.78 is 10.6. The second kappa shape index (κ2) is 7.15. The SMILES string of the molecule is COCCOc1ccc2c(c1)NC(=O)CC2c1csc(C(C)=O)c1. The lowest BCUT2D eigenvalue weighted by Crippen LogP contribution is -2.23. The van der Waals surface area contributed by atoms with Gasteiger partial charge in [0.2, 0.25) is 5.91 Å². The monoisotopic (exact) mass is 345 g/mol. The molecule has 126 valence electrons. The molecule has 1 aliphatic rings. The summed E-state index contributed by atoms with van der Waals surface area (Å²) in [5, 5.41) is 4.87. The topological polar surface area (TPSA) is 64.6 Å².